The molecule has 31 heavy (non-hydrogen) atoms. The molecule has 0 saturated carbocycles. The van der Waals surface area contributed by atoms with Gasteiger partial charge in [0.25, 0.3) is 0 Å². The molecule has 0 aliphatic carbocycles. The van der Waals surface area contributed by atoms with Gasteiger partial charge in [-0.25, -0.2) is 14.4 Å². The molecule has 1 saturated heterocycles. The Labute approximate surface area is 178 Å². The lowest BCUT2D eigenvalue weighted by atomic mass is 9.83. The van der Waals surface area contributed by atoms with Crippen LogP contribution in [-0.4, -0.2) is 52.1 Å². The van der Waals surface area contributed by atoms with Crippen LogP contribution in [-0.2, 0) is 4.74 Å². The van der Waals surface area contributed by atoms with Gasteiger partial charge in [-0.1, -0.05) is 6.08 Å². The standard InChI is InChI=1S/C22H23FN6O2/c23-14-1-2-16-15(11-14)20(24)22(31-16)5-7-29(8-6-22)17-12-25-19-18(27-28-21(19)26-17)13-3-9-30-10-4-13/h1-3,11-12,20H,4-10,24H2,(H,26,27,28)/t20-/m1/s1. The molecule has 1 atom stereocenters. The zero-order valence-electron chi connectivity index (χ0n) is 17.0. The molecule has 8 nitrogen and oxygen atoms in total. The third-order valence-corrected chi connectivity index (χ3v) is 6.66. The van der Waals surface area contributed by atoms with Gasteiger partial charge in [0.05, 0.1) is 31.1 Å². The molecular weight excluding hydrogens is 399 g/mol. The highest BCUT2D eigenvalue weighted by Crippen LogP contribution is 2.47. The summed E-state index contributed by atoms with van der Waals surface area (Å²) in [5.41, 5.74) is 10.2. The lowest BCUT2D eigenvalue weighted by Crippen LogP contribution is -2.51. The summed E-state index contributed by atoms with van der Waals surface area (Å²) in [5.74, 6) is 1.19. The minimum Gasteiger partial charge on any atom is -0.485 e. The Morgan fingerprint density at radius 2 is 2.13 bits per heavy atom. The third kappa shape index (κ3) is 2.99. The van der Waals surface area contributed by atoms with Crippen LogP contribution < -0.4 is 15.4 Å². The van der Waals surface area contributed by atoms with Crippen LogP contribution in [0.4, 0.5) is 10.2 Å². The summed E-state index contributed by atoms with van der Waals surface area (Å²) >= 11 is 0. The SMILES string of the molecule is N[C@@H]1c2cc(F)ccc2OC12CCN(c1cnc3c(C4=CCOCC4)[nH]nc3n1)CC2. The smallest absolute Gasteiger partial charge is 0.202 e. The van der Waals surface area contributed by atoms with Gasteiger partial charge in [0.15, 0.2) is 0 Å². The molecule has 6 rings (SSSR count). The fourth-order valence-electron chi connectivity index (χ4n) is 4.87. The number of nitrogens with two attached hydrogens (primary N) is 1. The van der Waals surface area contributed by atoms with Crippen molar-refractivity contribution in [1.82, 2.24) is 20.2 Å². The van der Waals surface area contributed by atoms with Crippen molar-refractivity contribution in [3.8, 4) is 5.75 Å². The number of hydrogen-bond donors (Lipinski definition) is 2. The first-order valence-corrected chi connectivity index (χ1v) is 10.6. The first kappa shape index (κ1) is 18.7. The zero-order valence-corrected chi connectivity index (χ0v) is 17.0. The number of anilines is 1. The van der Waals surface area contributed by atoms with Crippen molar-refractivity contribution in [1.29, 1.82) is 0 Å². The van der Waals surface area contributed by atoms with Gasteiger partial charge in [-0.2, -0.15) is 5.10 Å². The van der Waals surface area contributed by atoms with E-state index in [1.54, 1.807) is 12.3 Å². The Kier molecular flexibility index (Phi) is 4.22. The molecule has 3 aliphatic heterocycles. The maximum Gasteiger partial charge on any atom is 0.202 e. The number of piperidine rings is 1. The quantitative estimate of drug-likeness (QED) is 0.655. The van der Waals surface area contributed by atoms with E-state index >= 15 is 0 Å². The van der Waals surface area contributed by atoms with E-state index in [0.717, 1.165) is 54.9 Å². The maximum atomic E-state index is 13.7. The zero-order chi connectivity index (χ0) is 21.0. The lowest BCUT2D eigenvalue weighted by molar-refractivity contribution is 0.0431. The molecule has 0 amide bonds. The van der Waals surface area contributed by atoms with Crippen molar-refractivity contribution in [3.05, 3.63) is 47.5 Å². The summed E-state index contributed by atoms with van der Waals surface area (Å²) in [7, 11) is 0. The van der Waals surface area contributed by atoms with E-state index in [2.05, 4.69) is 26.2 Å². The molecule has 2 aromatic heterocycles. The average molecular weight is 422 g/mol. The molecule has 3 N–H and O–H groups in total. The lowest BCUT2D eigenvalue weighted by Gasteiger charge is -2.41. The van der Waals surface area contributed by atoms with Crippen molar-refractivity contribution >= 4 is 22.6 Å². The molecule has 3 aliphatic rings. The molecule has 0 radical (unpaired) electrons. The van der Waals surface area contributed by atoms with E-state index < -0.39 is 5.60 Å². The Morgan fingerprint density at radius 1 is 1.26 bits per heavy atom. The summed E-state index contributed by atoms with van der Waals surface area (Å²) in [6.07, 6.45) is 6.15. The monoisotopic (exact) mass is 422 g/mol. The van der Waals surface area contributed by atoms with E-state index in [-0.39, 0.29) is 11.9 Å². The van der Waals surface area contributed by atoms with Gasteiger partial charge in [0.2, 0.25) is 5.65 Å². The Hall–Kier alpha value is -3.04. The van der Waals surface area contributed by atoms with Crippen molar-refractivity contribution < 1.29 is 13.9 Å². The predicted molar refractivity (Wildman–Crippen MR) is 113 cm³/mol. The van der Waals surface area contributed by atoms with E-state index in [1.165, 1.54) is 17.7 Å². The highest BCUT2D eigenvalue weighted by atomic mass is 19.1. The normalized spacial score (nSPS) is 22.5. The van der Waals surface area contributed by atoms with Gasteiger partial charge in [0.1, 0.15) is 28.5 Å². The number of aromatic amines is 1. The van der Waals surface area contributed by atoms with E-state index in [9.17, 15) is 4.39 Å². The molecule has 0 unspecified atom stereocenters. The summed E-state index contributed by atoms with van der Waals surface area (Å²) in [6, 6.07) is 4.24. The van der Waals surface area contributed by atoms with Crippen LogP contribution in [0.3, 0.4) is 0 Å². The number of rotatable bonds is 2. The van der Waals surface area contributed by atoms with Crippen LogP contribution in [0.25, 0.3) is 16.7 Å². The molecular formula is C22H23FN6O2. The van der Waals surface area contributed by atoms with Crippen LogP contribution in [0.1, 0.15) is 36.6 Å². The molecule has 1 aromatic carbocycles. The first-order chi connectivity index (χ1) is 15.1. The van der Waals surface area contributed by atoms with Gasteiger partial charge >= 0.3 is 0 Å². The minimum absolute atomic E-state index is 0.286. The topological polar surface area (TPSA) is 102 Å². The van der Waals surface area contributed by atoms with Gasteiger partial charge in [0, 0.05) is 31.5 Å². The van der Waals surface area contributed by atoms with Crippen LogP contribution in [0.15, 0.2) is 30.5 Å². The number of ether oxygens (including phenoxy) is 2. The highest BCUT2D eigenvalue weighted by Gasteiger charge is 2.48. The second kappa shape index (κ2) is 7.00. The number of fused-ring (bicyclic) bond motifs is 2. The van der Waals surface area contributed by atoms with Gasteiger partial charge in [-0.05, 0) is 30.2 Å². The second-order valence-corrected chi connectivity index (χ2v) is 8.37. The maximum absolute atomic E-state index is 13.7. The predicted octanol–water partition coefficient (Wildman–Crippen LogP) is 2.73. The van der Waals surface area contributed by atoms with E-state index in [4.69, 9.17) is 20.2 Å². The van der Waals surface area contributed by atoms with E-state index in [0.29, 0.717) is 24.6 Å². The van der Waals surface area contributed by atoms with Crippen LogP contribution in [0, 0.1) is 5.82 Å². The Bertz CT molecular complexity index is 1180. The third-order valence-electron chi connectivity index (χ3n) is 6.66. The van der Waals surface area contributed by atoms with Crippen LogP contribution in [0.2, 0.25) is 0 Å². The number of hydrogen-bond acceptors (Lipinski definition) is 7. The van der Waals surface area contributed by atoms with Crippen molar-refractivity contribution in [3.63, 3.8) is 0 Å². The first-order valence-electron chi connectivity index (χ1n) is 10.6. The molecule has 5 heterocycles. The molecule has 9 heteroatoms. The fourth-order valence-corrected chi connectivity index (χ4v) is 4.87. The van der Waals surface area contributed by atoms with Crippen molar-refractivity contribution in [2.45, 2.75) is 30.9 Å². The van der Waals surface area contributed by atoms with Crippen LogP contribution >= 0.6 is 0 Å². The number of halogens is 1. The minimum atomic E-state index is -0.501. The van der Waals surface area contributed by atoms with Gasteiger partial charge in [-0.15, -0.1) is 0 Å². The van der Waals surface area contributed by atoms with Crippen LogP contribution in [0.5, 0.6) is 5.75 Å². The second-order valence-electron chi connectivity index (χ2n) is 8.37. The molecule has 3 aromatic rings. The molecule has 1 spiro atoms. The number of H-pyrrole nitrogens is 1. The molecule has 1 fully saturated rings. The number of nitrogens with zero attached hydrogens (tertiary/aromatic N) is 4. The molecule has 160 valence electrons. The van der Waals surface area contributed by atoms with Crippen molar-refractivity contribution in [2.24, 2.45) is 5.73 Å². The number of benzene rings is 1. The summed E-state index contributed by atoms with van der Waals surface area (Å²) in [6.45, 7) is 2.76. The van der Waals surface area contributed by atoms with E-state index in [1.807, 2.05) is 0 Å². The van der Waals surface area contributed by atoms with Gasteiger partial charge < -0.3 is 20.1 Å². The molecule has 0 bridgehead atoms. The fraction of sp³-hybridized carbons (Fsp3) is 0.409. The highest BCUT2D eigenvalue weighted by molar-refractivity contribution is 5.85. The Morgan fingerprint density at radius 3 is 2.94 bits per heavy atom. The number of aromatic nitrogens is 4. The summed E-state index contributed by atoms with van der Waals surface area (Å²) < 4.78 is 25.3. The largest absolute Gasteiger partial charge is 0.485 e. The van der Waals surface area contributed by atoms with Gasteiger partial charge in [-0.3, -0.25) is 5.10 Å². The van der Waals surface area contributed by atoms with Crippen molar-refractivity contribution in [2.75, 3.05) is 31.2 Å². The Balaban J connectivity index is 1.21. The number of nitrogens with one attached hydrogen (secondary N) is 1. The average Bonchev–Trinajstić information content (AvgIpc) is 3.34. The summed E-state index contributed by atoms with van der Waals surface area (Å²) in [5, 5.41) is 7.47. The summed E-state index contributed by atoms with van der Waals surface area (Å²) in [4.78, 5) is 11.6.